The first-order valence-corrected chi connectivity index (χ1v) is 6.26. The number of hydrogen-bond donors (Lipinski definition) is 1. The lowest BCUT2D eigenvalue weighted by atomic mass is 10.2. The van der Waals surface area contributed by atoms with Gasteiger partial charge in [0.2, 0.25) is 0 Å². The number of nitrogens with zero attached hydrogens (tertiary/aromatic N) is 1. The maximum Gasteiger partial charge on any atom is 0.261 e. The number of carbonyl (C=O) groups excluding carboxylic acids is 1. The number of pyridine rings is 1. The van der Waals surface area contributed by atoms with Gasteiger partial charge in [-0.3, -0.25) is 9.59 Å². The van der Waals surface area contributed by atoms with E-state index in [-0.39, 0.29) is 22.8 Å². The quantitative estimate of drug-likeness (QED) is 0.929. The third-order valence-electron chi connectivity index (χ3n) is 3.01. The summed E-state index contributed by atoms with van der Waals surface area (Å²) < 4.78 is 11.6. The van der Waals surface area contributed by atoms with Gasteiger partial charge in [0.1, 0.15) is 11.5 Å². The van der Waals surface area contributed by atoms with E-state index in [0.29, 0.717) is 11.4 Å². The Bertz CT molecular complexity index is 722. The standard InChI is InChI=1S/C15H16N2O4/c1-17-9-10(13(21-3)8-14(17)18)15(19)16-11-6-4-5-7-12(11)20-2/h4-9H,1-3H3,(H,16,19). The molecule has 0 radical (unpaired) electrons. The summed E-state index contributed by atoms with van der Waals surface area (Å²) in [5.41, 5.74) is 0.562. The van der Waals surface area contributed by atoms with E-state index in [2.05, 4.69) is 5.32 Å². The van der Waals surface area contributed by atoms with Crippen molar-refractivity contribution in [2.24, 2.45) is 7.05 Å². The number of benzene rings is 1. The van der Waals surface area contributed by atoms with E-state index < -0.39 is 0 Å². The average molecular weight is 288 g/mol. The molecule has 0 bridgehead atoms. The van der Waals surface area contributed by atoms with E-state index in [1.54, 1.807) is 31.3 Å². The molecule has 0 spiro atoms. The third-order valence-corrected chi connectivity index (χ3v) is 3.01. The summed E-state index contributed by atoms with van der Waals surface area (Å²) in [4.78, 5) is 23.9. The van der Waals surface area contributed by atoms with Crippen LogP contribution >= 0.6 is 0 Å². The minimum absolute atomic E-state index is 0.227. The number of carbonyl (C=O) groups is 1. The number of rotatable bonds is 4. The second-order valence-corrected chi connectivity index (χ2v) is 4.36. The summed E-state index contributed by atoms with van der Waals surface area (Å²) >= 11 is 0. The highest BCUT2D eigenvalue weighted by Gasteiger charge is 2.15. The topological polar surface area (TPSA) is 69.6 Å². The lowest BCUT2D eigenvalue weighted by Crippen LogP contribution is -2.21. The first-order chi connectivity index (χ1) is 10.1. The highest BCUT2D eigenvalue weighted by Crippen LogP contribution is 2.25. The van der Waals surface area contributed by atoms with Crippen molar-refractivity contribution in [3.8, 4) is 11.5 Å². The maximum absolute atomic E-state index is 12.4. The Balaban J connectivity index is 2.37. The van der Waals surface area contributed by atoms with Crippen LogP contribution in [0.25, 0.3) is 0 Å². The monoisotopic (exact) mass is 288 g/mol. The third kappa shape index (κ3) is 3.05. The molecule has 0 unspecified atom stereocenters. The fraction of sp³-hybridized carbons (Fsp3) is 0.200. The molecular formula is C15H16N2O4. The molecule has 1 aromatic carbocycles. The molecule has 6 nitrogen and oxygen atoms in total. The van der Waals surface area contributed by atoms with Gasteiger partial charge in [-0.25, -0.2) is 0 Å². The molecule has 0 aliphatic heterocycles. The molecule has 1 aromatic heterocycles. The van der Waals surface area contributed by atoms with Gasteiger partial charge in [0.15, 0.2) is 0 Å². The van der Waals surface area contributed by atoms with Crippen LogP contribution in [0.15, 0.2) is 41.3 Å². The second kappa shape index (κ2) is 6.13. The maximum atomic E-state index is 12.4. The number of aryl methyl sites for hydroxylation is 1. The molecule has 0 atom stereocenters. The SMILES string of the molecule is COc1ccccc1NC(=O)c1cn(C)c(=O)cc1OC. The van der Waals surface area contributed by atoms with E-state index in [9.17, 15) is 9.59 Å². The molecule has 0 saturated heterocycles. The Labute approximate surface area is 121 Å². The summed E-state index contributed by atoms with van der Waals surface area (Å²) in [5.74, 6) is 0.395. The highest BCUT2D eigenvalue weighted by atomic mass is 16.5. The van der Waals surface area contributed by atoms with Gasteiger partial charge in [0.05, 0.1) is 25.5 Å². The molecular weight excluding hydrogens is 272 g/mol. The molecule has 0 aliphatic rings. The van der Waals surface area contributed by atoms with E-state index in [1.807, 2.05) is 0 Å². The van der Waals surface area contributed by atoms with Gasteiger partial charge in [0, 0.05) is 19.3 Å². The molecule has 110 valence electrons. The average Bonchev–Trinajstić information content (AvgIpc) is 2.50. The molecule has 2 rings (SSSR count). The van der Waals surface area contributed by atoms with Crippen LogP contribution in [-0.4, -0.2) is 24.7 Å². The number of methoxy groups -OCH3 is 2. The number of aromatic nitrogens is 1. The summed E-state index contributed by atoms with van der Waals surface area (Å²) in [7, 11) is 4.51. The zero-order chi connectivity index (χ0) is 15.4. The Morgan fingerprint density at radius 3 is 2.48 bits per heavy atom. The minimum Gasteiger partial charge on any atom is -0.496 e. The zero-order valence-corrected chi connectivity index (χ0v) is 12.0. The Kier molecular flexibility index (Phi) is 4.27. The van der Waals surface area contributed by atoms with Crippen molar-refractivity contribution < 1.29 is 14.3 Å². The number of ether oxygens (including phenoxy) is 2. The molecule has 1 amide bonds. The molecule has 0 aliphatic carbocycles. The fourth-order valence-corrected chi connectivity index (χ4v) is 1.89. The van der Waals surface area contributed by atoms with Crippen LogP contribution in [0.5, 0.6) is 11.5 Å². The van der Waals surface area contributed by atoms with Gasteiger partial charge in [-0.15, -0.1) is 0 Å². The number of nitrogens with one attached hydrogen (secondary N) is 1. The van der Waals surface area contributed by atoms with Crippen molar-refractivity contribution in [2.75, 3.05) is 19.5 Å². The van der Waals surface area contributed by atoms with E-state index in [4.69, 9.17) is 9.47 Å². The van der Waals surface area contributed by atoms with E-state index in [0.717, 1.165) is 0 Å². The van der Waals surface area contributed by atoms with E-state index in [1.165, 1.54) is 31.0 Å². The lowest BCUT2D eigenvalue weighted by molar-refractivity contribution is 0.102. The largest absolute Gasteiger partial charge is 0.496 e. The van der Waals surface area contributed by atoms with Crippen LogP contribution in [0, 0.1) is 0 Å². The lowest BCUT2D eigenvalue weighted by Gasteiger charge is -2.12. The first-order valence-electron chi connectivity index (χ1n) is 6.26. The molecule has 6 heteroatoms. The van der Waals surface area contributed by atoms with Crippen molar-refractivity contribution in [3.63, 3.8) is 0 Å². The summed E-state index contributed by atoms with van der Waals surface area (Å²) in [6, 6.07) is 8.34. The van der Waals surface area contributed by atoms with Crippen molar-refractivity contribution in [1.29, 1.82) is 0 Å². The second-order valence-electron chi connectivity index (χ2n) is 4.36. The molecule has 21 heavy (non-hydrogen) atoms. The Hall–Kier alpha value is -2.76. The minimum atomic E-state index is -0.382. The zero-order valence-electron chi connectivity index (χ0n) is 12.0. The number of hydrogen-bond acceptors (Lipinski definition) is 4. The molecule has 1 heterocycles. The highest BCUT2D eigenvalue weighted by molar-refractivity contribution is 6.06. The van der Waals surface area contributed by atoms with Gasteiger partial charge in [0.25, 0.3) is 11.5 Å². The van der Waals surface area contributed by atoms with Crippen molar-refractivity contribution in [1.82, 2.24) is 4.57 Å². The predicted molar refractivity (Wildman–Crippen MR) is 79.2 cm³/mol. The van der Waals surface area contributed by atoms with Crippen LogP contribution < -0.4 is 20.3 Å². The van der Waals surface area contributed by atoms with Crippen LogP contribution in [0.4, 0.5) is 5.69 Å². The molecule has 0 fully saturated rings. The van der Waals surface area contributed by atoms with Crippen molar-refractivity contribution >= 4 is 11.6 Å². The predicted octanol–water partition coefficient (Wildman–Crippen LogP) is 1.65. The summed E-state index contributed by atoms with van der Waals surface area (Å²) in [5, 5.41) is 2.74. The Morgan fingerprint density at radius 2 is 1.81 bits per heavy atom. The smallest absolute Gasteiger partial charge is 0.261 e. The van der Waals surface area contributed by atoms with Gasteiger partial charge < -0.3 is 19.4 Å². The van der Waals surface area contributed by atoms with Crippen LogP contribution in [-0.2, 0) is 7.05 Å². The molecule has 2 aromatic rings. The Morgan fingerprint density at radius 1 is 1.14 bits per heavy atom. The molecule has 1 N–H and O–H groups in total. The van der Waals surface area contributed by atoms with Crippen LogP contribution in [0.2, 0.25) is 0 Å². The number of anilines is 1. The van der Waals surface area contributed by atoms with E-state index >= 15 is 0 Å². The molecule has 0 saturated carbocycles. The summed E-state index contributed by atoms with van der Waals surface area (Å²) in [6.07, 6.45) is 1.44. The van der Waals surface area contributed by atoms with Crippen molar-refractivity contribution in [3.05, 3.63) is 52.4 Å². The van der Waals surface area contributed by atoms with Crippen LogP contribution in [0.1, 0.15) is 10.4 Å². The number of amides is 1. The number of para-hydroxylation sites is 2. The fourth-order valence-electron chi connectivity index (χ4n) is 1.89. The van der Waals surface area contributed by atoms with Gasteiger partial charge in [-0.2, -0.15) is 0 Å². The van der Waals surface area contributed by atoms with Crippen molar-refractivity contribution in [2.45, 2.75) is 0 Å². The normalized spacial score (nSPS) is 10.0. The van der Waals surface area contributed by atoms with Gasteiger partial charge >= 0.3 is 0 Å². The van der Waals surface area contributed by atoms with Gasteiger partial charge in [-0.05, 0) is 12.1 Å². The van der Waals surface area contributed by atoms with Crippen LogP contribution in [0.3, 0.4) is 0 Å². The van der Waals surface area contributed by atoms with Gasteiger partial charge in [-0.1, -0.05) is 12.1 Å². The first kappa shape index (κ1) is 14.6. The summed E-state index contributed by atoms with van der Waals surface area (Å²) in [6.45, 7) is 0.